The van der Waals surface area contributed by atoms with Gasteiger partial charge in [0.2, 0.25) is 0 Å². The van der Waals surface area contributed by atoms with Crippen LogP contribution in [0.3, 0.4) is 0 Å². The molecule has 0 aromatic heterocycles. The van der Waals surface area contributed by atoms with Crippen molar-refractivity contribution in [3.63, 3.8) is 0 Å². The van der Waals surface area contributed by atoms with Gasteiger partial charge in [-0.1, -0.05) is 13.0 Å². The van der Waals surface area contributed by atoms with Crippen LogP contribution in [-0.4, -0.2) is 24.1 Å². The Morgan fingerprint density at radius 2 is 1.91 bits per heavy atom. The number of methoxy groups -OCH3 is 1. The molecule has 2 rings (SSSR count). The molecule has 2 aromatic rings. The molecule has 0 aliphatic carbocycles. The minimum Gasteiger partial charge on any atom is -0.497 e. The van der Waals surface area contributed by atoms with Crippen LogP contribution < -0.4 is 15.8 Å². The number of carbonyl (C=O) groups excluding carboxylic acids is 1. The van der Waals surface area contributed by atoms with E-state index in [1.165, 1.54) is 19.2 Å². The molecule has 2 aromatic carbocycles. The number of carboxylic acid groups (broad SMARTS) is 1. The second kappa shape index (κ2) is 6.83. The van der Waals surface area contributed by atoms with Gasteiger partial charge in [0.25, 0.3) is 5.91 Å². The number of hydrogen-bond donors (Lipinski definition) is 3. The summed E-state index contributed by atoms with van der Waals surface area (Å²) in [6.07, 6.45) is 0.708. The number of carboxylic acids is 1. The van der Waals surface area contributed by atoms with Crippen LogP contribution in [0.1, 0.15) is 33.2 Å². The number of benzene rings is 2. The fraction of sp³-hybridized carbons (Fsp3) is 0.176. The fourth-order valence-corrected chi connectivity index (χ4v) is 2.16. The summed E-state index contributed by atoms with van der Waals surface area (Å²) in [6, 6.07) is 9.59. The molecule has 0 bridgehead atoms. The van der Waals surface area contributed by atoms with E-state index >= 15 is 0 Å². The lowest BCUT2D eigenvalue weighted by Gasteiger charge is -2.12. The van der Waals surface area contributed by atoms with Crippen LogP contribution in [0.4, 0.5) is 11.4 Å². The van der Waals surface area contributed by atoms with Crippen LogP contribution in [0.5, 0.6) is 5.75 Å². The summed E-state index contributed by atoms with van der Waals surface area (Å²) in [4.78, 5) is 23.7. The Morgan fingerprint density at radius 1 is 1.17 bits per heavy atom. The normalized spacial score (nSPS) is 10.2. The molecule has 0 radical (unpaired) electrons. The second-order valence-electron chi connectivity index (χ2n) is 4.95. The average Bonchev–Trinajstić information content (AvgIpc) is 2.54. The highest BCUT2D eigenvalue weighted by Gasteiger charge is 2.16. The van der Waals surface area contributed by atoms with E-state index in [0.717, 1.165) is 5.56 Å². The van der Waals surface area contributed by atoms with Gasteiger partial charge in [-0.25, -0.2) is 4.79 Å². The first-order valence-electron chi connectivity index (χ1n) is 7.07. The predicted octanol–water partition coefficient (Wildman–Crippen LogP) is 2.79. The van der Waals surface area contributed by atoms with Crippen molar-refractivity contribution in [1.82, 2.24) is 0 Å². The molecule has 0 aliphatic rings. The van der Waals surface area contributed by atoms with Crippen molar-refractivity contribution in [1.29, 1.82) is 0 Å². The summed E-state index contributed by atoms with van der Waals surface area (Å²) < 4.78 is 5.03. The van der Waals surface area contributed by atoms with Crippen LogP contribution in [0.2, 0.25) is 0 Å². The van der Waals surface area contributed by atoms with Gasteiger partial charge in [-0.15, -0.1) is 0 Å². The minimum absolute atomic E-state index is 0.0461. The van der Waals surface area contributed by atoms with Crippen LogP contribution in [0.15, 0.2) is 36.4 Å². The van der Waals surface area contributed by atoms with E-state index in [0.29, 0.717) is 12.2 Å². The van der Waals surface area contributed by atoms with E-state index in [2.05, 4.69) is 5.32 Å². The third-order valence-corrected chi connectivity index (χ3v) is 3.47. The molecule has 120 valence electrons. The predicted molar refractivity (Wildman–Crippen MR) is 88.1 cm³/mol. The Balaban J connectivity index is 2.32. The maximum Gasteiger partial charge on any atom is 0.337 e. The standard InChI is InChI=1S/C17H18N2O4/c1-3-10-4-7-15(13(8-10)17(21)22)19-16(20)12-6-5-11(23-2)9-14(12)18/h4-9H,3,18H2,1-2H3,(H,19,20)(H,21,22). The van der Waals surface area contributed by atoms with E-state index in [4.69, 9.17) is 10.5 Å². The number of amides is 1. The lowest BCUT2D eigenvalue weighted by Crippen LogP contribution is -2.16. The summed E-state index contributed by atoms with van der Waals surface area (Å²) in [7, 11) is 1.50. The zero-order chi connectivity index (χ0) is 17.0. The van der Waals surface area contributed by atoms with Gasteiger partial charge in [-0.3, -0.25) is 4.79 Å². The first kappa shape index (κ1) is 16.4. The van der Waals surface area contributed by atoms with Crippen molar-refractivity contribution in [3.05, 3.63) is 53.1 Å². The first-order chi connectivity index (χ1) is 11.0. The molecule has 0 aliphatic heterocycles. The number of anilines is 2. The molecular weight excluding hydrogens is 296 g/mol. The molecule has 0 saturated carbocycles. The number of nitrogen functional groups attached to an aromatic ring is 1. The number of carbonyl (C=O) groups is 2. The molecule has 23 heavy (non-hydrogen) atoms. The fourth-order valence-electron chi connectivity index (χ4n) is 2.16. The van der Waals surface area contributed by atoms with Crippen LogP contribution in [-0.2, 0) is 6.42 Å². The molecule has 0 atom stereocenters. The number of aryl methyl sites for hydroxylation is 1. The van der Waals surface area contributed by atoms with Gasteiger partial charge in [-0.2, -0.15) is 0 Å². The topological polar surface area (TPSA) is 102 Å². The van der Waals surface area contributed by atoms with Crippen LogP contribution >= 0.6 is 0 Å². The Bertz CT molecular complexity index is 756. The Kier molecular flexibility index (Phi) is 4.85. The van der Waals surface area contributed by atoms with Gasteiger partial charge in [0.15, 0.2) is 0 Å². The summed E-state index contributed by atoms with van der Waals surface area (Å²) >= 11 is 0. The minimum atomic E-state index is -1.10. The molecule has 4 N–H and O–H groups in total. The number of nitrogens with two attached hydrogens (primary N) is 1. The van der Waals surface area contributed by atoms with Crippen LogP contribution in [0, 0.1) is 0 Å². The molecule has 6 heteroatoms. The highest BCUT2D eigenvalue weighted by molar-refractivity contribution is 6.10. The lowest BCUT2D eigenvalue weighted by atomic mass is 10.1. The summed E-state index contributed by atoms with van der Waals surface area (Å²) in [5, 5.41) is 11.9. The number of aromatic carboxylic acids is 1. The van der Waals surface area contributed by atoms with Gasteiger partial charge in [0, 0.05) is 11.8 Å². The van der Waals surface area contributed by atoms with Crippen LogP contribution in [0.25, 0.3) is 0 Å². The number of rotatable bonds is 5. The van der Waals surface area contributed by atoms with Gasteiger partial charge in [-0.05, 0) is 36.2 Å². The molecule has 0 unspecified atom stereocenters. The molecule has 0 heterocycles. The van der Waals surface area contributed by atoms with E-state index in [9.17, 15) is 14.7 Å². The Morgan fingerprint density at radius 3 is 2.48 bits per heavy atom. The largest absolute Gasteiger partial charge is 0.497 e. The third-order valence-electron chi connectivity index (χ3n) is 3.47. The molecule has 0 spiro atoms. The summed E-state index contributed by atoms with van der Waals surface area (Å²) in [6.45, 7) is 1.93. The van der Waals surface area contributed by atoms with Gasteiger partial charge >= 0.3 is 5.97 Å². The van der Waals surface area contributed by atoms with E-state index < -0.39 is 11.9 Å². The lowest BCUT2D eigenvalue weighted by molar-refractivity contribution is 0.0698. The van der Waals surface area contributed by atoms with Gasteiger partial charge < -0.3 is 20.9 Å². The van der Waals surface area contributed by atoms with Crippen molar-refractivity contribution in [3.8, 4) is 5.75 Å². The maximum atomic E-state index is 12.3. The average molecular weight is 314 g/mol. The van der Waals surface area contributed by atoms with E-state index in [-0.39, 0.29) is 22.5 Å². The third kappa shape index (κ3) is 3.60. The molecule has 6 nitrogen and oxygen atoms in total. The van der Waals surface area contributed by atoms with E-state index in [1.807, 2.05) is 6.92 Å². The monoisotopic (exact) mass is 314 g/mol. The molecule has 0 fully saturated rings. The smallest absolute Gasteiger partial charge is 0.337 e. The van der Waals surface area contributed by atoms with Gasteiger partial charge in [0.05, 0.1) is 23.9 Å². The van der Waals surface area contributed by atoms with Crippen molar-refractivity contribution in [2.24, 2.45) is 0 Å². The highest BCUT2D eigenvalue weighted by Crippen LogP contribution is 2.23. The zero-order valence-electron chi connectivity index (χ0n) is 12.9. The van der Waals surface area contributed by atoms with Crippen molar-refractivity contribution >= 4 is 23.3 Å². The maximum absolute atomic E-state index is 12.3. The van der Waals surface area contributed by atoms with E-state index in [1.54, 1.807) is 24.3 Å². The van der Waals surface area contributed by atoms with Crippen molar-refractivity contribution in [2.45, 2.75) is 13.3 Å². The van der Waals surface area contributed by atoms with Crippen molar-refractivity contribution < 1.29 is 19.4 Å². The van der Waals surface area contributed by atoms with Gasteiger partial charge in [0.1, 0.15) is 5.75 Å². The highest BCUT2D eigenvalue weighted by atomic mass is 16.5. The SMILES string of the molecule is CCc1ccc(NC(=O)c2ccc(OC)cc2N)c(C(=O)O)c1. The number of ether oxygens (including phenoxy) is 1. The summed E-state index contributed by atoms with van der Waals surface area (Å²) in [5.74, 6) is -1.03. The molecule has 1 amide bonds. The number of hydrogen-bond acceptors (Lipinski definition) is 4. The Hall–Kier alpha value is -3.02. The second-order valence-corrected chi connectivity index (χ2v) is 4.95. The quantitative estimate of drug-likeness (QED) is 0.737. The molecule has 0 saturated heterocycles. The van der Waals surface area contributed by atoms with Crippen molar-refractivity contribution in [2.75, 3.05) is 18.2 Å². The summed E-state index contributed by atoms with van der Waals surface area (Å²) in [5.41, 5.74) is 7.50. The first-order valence-corrected chi connectivity index (χ1v) is 7.07. The number of nitrogens with one attached hydrogen (secondary N) is 1. The molecular formula is C17H18N2O4. The Labute approximate surface area is 133 Å². The zero-order valence-corrected chi connectivity index (χ0v) is 12.9.